The summed E-state index contributed by atoms with van der Waals surface area (Å²) >= 11 is 0. The highest BCUT2D eigenvalue weighted by Gasteiger charge is 2.31. The summed E-state index contributed by atoms with van der Waals surface area (Å²) in [7, 11) is 0. The van der Waals surface area contributed by atoms with Gasteiger partial charge in [0.2, 0.25) is 5.82 Å². The van der Waals surface area contributed by atoms with Crippen LogP contribution in [0.15, 0.2) is 28.8 Å². The van der Waals surface area contributed by atoms with Crippen molar-refractivity contribution in [3.63, 3.8) is 0 Å². The van der Waals surface area contributed by atoms with Gasteiger partial charge < -0.3 is 14.6 Å². The molecule has 23 heavy (non-hydrogen) atoms. The topological polar surface area (TPSA) is 77.2 Å². The van der Waals surface area contributed by atoms with Crippen molar-refractivity contribution in [2.45, 2.75) is 45.8 Å². The van der Waals surface area contributed by atoms with Crippen molar-refractivity contribution in [1.29, 1.82) is 0 Å². The molecule has 2 rings (SSSR count). The summed E-state index contributed by atoms with van der Waals surface area (Å²) in [5.74, 6) is 0.0566. The lowest BCUT2D eigenvalue weighted by atomic mass is 10.1. The smallest absolute Gasteiger partial charge is 0.408 e. The van der Waals surface area contributed by atoms with Gasteiger partial charge in [0.1, 0.15) is 17.0 Å². The third kappa shape index (κ3) is 4.51. The standard InChI is InChI=1S/C16H20FN3O3/c1-15(2,3)22-14(21)19-16(4,5)13-18-12(20-23-13)10-7-6-8-11(17)9-10/h6-9H,1-5H3,(H,19,21). The van der Waals surface area contributed by atoms with Gasteiger partial charge in [-0.25, -0.2) is 9.18 Å². The van der Waals surface area contributed by atoms with E-state index in [0.717, 1.165) is 0 Å². The second-order valence-electron chi connectivity index (χ2n) is 6.69. The Hall–Kier alpha value is -2.44. The SMILES string of the molecule is CC(C)(C)OC(=O)NC(C)(C)c1nc(-c2cccc(F)c2)no1. The first-order valence-electron chi connectivity index (χ1n) is 7.18. The number of hydrogen-bond donors (Lipinski definition) is 1. The van der Waals surface area contributed by atoms with E-state index in [2.05, 4.69) is 15.5 Å². The van der Waals surface area contributed by atoms with Crippen molar-refractivity contribution in [1.82, 2.24) is 15.5 Å². The summed E-state index contributed by atoms with van der Waals surface area (Å²) < 4.78 is 23.7. The minimum absolute atomic E-state index is 0.197. The molecule has 0 aliphatic carbocycles. The lowest BCUT2D eigenvalue weighted by molar-refractivity contribution is 0.0452. The predicted molar refractivity (Wildman–Crippen MR) is 82.1 cm³/mol. The highest BCUT2D eigenvalue weighted by Crippen LogP contribution is 2.23. The third-order valence-corrected chi connectivity index (χ3v) is 2.86. The van der Waals surface area contributed by atoms with Gasteiger partial charge in [-0.05, 0) is 46.8 Å². The number of amides is 1. The maximum absolute atomic E-state index is 13.3. The lowest BCUT2D eigenvalue weighted by Gasteiger charge is -2.25. The van der Waals surface area contributed by atoms with E-state index in [9.17, 15) is 9.18 Å². The Bertz CT molecular complexity index is 705. The molecule has 6 nitrogen and oxygen atoms in total. The summed E-state index contributed by atoms with van der Waals surface area (Å²) in [5, 5.41) is 6.50. The number of nitrogens with zero attached hydrogens (tertiary/aromatic N) is 2. The van der Waals surface area contributed by atoms with Gasteiger partial charge in [-0.2, -0.15) is 4.98 Å². The molecule has 0 saturated heterocycles. The summed E-state index contributed by atoms with van der Waals surface area (Å²) in [6.07, 6.45) is -0.590. The third-order valence-electron chi connectivity index (χ3n) is 2.86. The fourth-order valence-corrected chi connectivity index (χ4v) is 1.83. The predicted octanol–water partition coefficient (Wildman–Crippen LogP) is 3.64. The Kier molecular flexibility index (Phi) is 4.40. The van der Waals surface area contributed by atoms with Crippen LogP contribution in [0.4, 0.5) is 9.18 Å². The van der Waals surface area contributed by atoms with Crippen molar-refractivity contribution in [3.8, 4) is 11.4 Å². The van der Waals surface area contributed by atoms with Crippen LogP contribution in [0.25, 0.3) is 11.4 Å². The average molecular weight is 321 g/mol. The van der Waals surface area contributed by atoms with Gasteiger partial charge in [-0.3, -0.25) is 0 Å². The number of ether oxygens (including phenoxy) is 1. The van der Waals surface area contributed by atoms with E-state index in [4.69, 9.17) is 9.26 Å². The zero-order chi connectivity index (χ0) is 17.3. The van der Waals surface area contributed by atoms with Gasteiger partial charge in [-0.15, -0.1) is 0 Å². The van der Waals surface area contributed by atoms with Gasteiger partial charge in [0.25, 0.3) is 5.89 Å². The first-order chi connectivity index (χ1) is 10.6. The van der Waals surface area contributed by atoms with E-state index in [-0.39, 0.29) is 17.5 Å². The van der Waals surface area contributed by atoms with Gasteiger partial charge in [-0.1, -0.05) is 17.3 Å². The number of alkyl carbamates (subject to hydrolysis) is 1. The molecule has 0 radical (unpaired) electrons. The minimum atomic E-state index is -0.930. The Morgan fingerprint density at radius 1 is 1.26 bits per heavy atom. The molecule has 7 heteroatoms. The van der Waals surface area contributed by atoms with E-state index < -0.39 is 17.2 Å². The first-order valence-corrected chi connectivity index (χ1v) is 7.18. The minimum Gasteiger partial charge on any atom is -0.444 e. The molecule has 0 aliphatic heterocycles. The van der Waals surface area contributed by atoms with Crippen LogP contribution in [0.2, 0.25) is 0 Å². The molecule has 0 saturated carbocycles. The molecule has 0 atom stereocenters. The molecule has 2 aromatic rings. The molecule has 124 valence electrons. The van der Waals surface area contributed by atoms with Crippen LogP contribution in [0.5, 0.6) is 0 Å². The number of aromatic nitrogens is 2. The molecular formula is C16H20FN3O3. The van der Waals surface area contributed by atoms with Crippen molar-refractivity contribution in [2.75, 3.05) is 0 Å². The molecule has 1 N–H and O–H groups in total. The second kappa shape index (κ2) is 5.98. The maximum Gasteiger partial charge on any atom is 0.408 e. The Morgan fingerprint density at radius 3 is 2.57 bits per heavy atom. The van der Waals surface area contributed by atoms with Crippen molar-refractivity contribution in [3.05, 3.63) is 36.0 Å². The van der Waals surface area contributed by atoms with E-state index in [0.29, 0.717) is 5.56 Å². The quantitative estimate of drug-likeness (QED) is 0.934. The van der Waals surface area contributed by atoms with Crippen LogP contribution in [-0.4, -0.2) is 21.8 Å². The number of hydrogen-bond acceptors (Lipinski definition) is 5. The normalized spacial score (nSPS) is 12.1. The molecule has 0 bridgehead atoms. The Morgan fingerprint density at radius 2 is 1.96 bits per heavy atom. The van der Waals surface area contributed by atoms with Crippen LogP contribution >= 0.6 is 0 Å². The van der Waals surface area contributed by atoms with Gasteiger partial charge in [0.05, 0.1) is 0 Å². The fraction of sp³-hybridized carbons (Fsp3) is 0.438. The van der Waals surface area contributed by atoms with Crippen LogP contribution in [0, 0.1) is 5.82 Å². The molecule has 0 aliphatic rings. The van der Waals surface area contributed by atoms with Crippen LogP contribution in [0.3, 0.4) is 0 Å². The number of carbonyl (C=O) groups is 1. The van der Waals surface area contributed by atoms with Gasteiger partial charge in [0, 0.05) is 5.56 Å². The average Bonchev–Trinajstić information content (AvgIpc) is 2.85. The lowest BCUT2D eigenvalue weighted by Crippen LogP contribution is -2.44. The highest BCUT2D eigenvalue weighted by molar-refractivity contribution is 5.68. The van der Waals surface area contributed by atoms with E-state index in [1.807, 2.05) is 0 Å². The molecular weight excluding hydrogens is 301 g/mol. The molecule has 1 heterocycles. The maximum atomic E-state index is 13.3. The highest BCUT2D eigenvalue weighted by atomic mass is 19.1. The molecule has 0 unspecified atom stereocenters. The number of nitrogens with one attached hydrogen (secondary N) is 1. The second-order valence-corrected chi connectivity index (χ2v) is 6.69. The first kappa shape index (κ1) is 16.9. The molecule has 1 aromatic carbocycles. The number of halogens is 1. The number of carbonyl (C=O) groups excluding carboxylic acids is 1. The summed E-state index contributed by atoms with van der Waals surface area (Å²) in [6.45, 7) is 8.73. The number of benzene rings is 1. The summed E-state index contributed by atoms with van der Waals surface area (Å²) in [5.41, 5.74) is -1.05. The van der Waals surface area contributed by atoms with Crippen molar-refractivity contribution >= 4 is 6.09 Å². The van der Waals surface area contributed by atoms with E-state index in [1.54, 1.807) is 46.8 Å². The van der Waals surface area contributed by atoms with Crippen molar-refractivity contribution < 1.29 is 18.4 Å². The molecule has 0 fully saturated rings. The zero-order valence-corrected chi connectivity index (χ0v) is 13.8. The molecule has 0 spiro atoms. The Balaban J connectivity index is 2.16. The zero-order valence-electron chi connectivity index (χ0n) is 13.8. The van der Waals surface area contributed by atoms with E-state index in [1.165, 1.54) is 12.1 Å². The van der Waals surface area contributed by atoms with Crippen LogP contribution in [-0.2, 0) is 10.3 Å². The van der Waals surface area contributed by atoms with Crippen LogP contribution in [0.1, 0.15) is 40.5 Å². The summed E-state index contributed by atoms with van der Waals surface area (Å²) in [4.78, 5) is 16.1. The van der Waals surface area contributed by atoms with E-state index >= 15 is 0 Å². The number of rotatable bonds is 3. The Labute approximate surface area is 134 Å². The van der Waals surface area contributed by atoms with Gasteiger partial charge in [0.15, 0.2) is 0 Å². The van der Waals surface area contributed by atoms with Gasteiger partial charge >= 0.3 is 6.09 Å². The van der Waals surface area contributed by atoms with Crippen molar-refractivity contribution in [2.24, 2.45) is 0 Å². The van der Waals surface area contributed by atoms with Crippen LogP contribution < -0.4 is 5.32 Å². The molecule has 1 amide bonds. The molecule has 1 aromatic heterocycles. The summed E-state index contributed by atoms with van der Waals surface area (Å²) in [6, 6.07) is 5.87. The largest absolute Gasteiger partial charge is 0.444 e. The fourth-order valence-electron chi connectivity index (χ4n) is 1.83. The monoisotopic (exact) mass is 321 g/mol.